The van der Waals surface area contributed by atoms with Crippen LogP contribution in [0.5, 0.6) is 0 Å². The van der Waals surface area contributed by atoms with Crippen molar-refractivity contribution in [3.05, 3.63) is 34.8 Å². The van der Waals surface area contributed by atoms with Crippen molar-refractivity contribution in [1.29, 1.82) is 0 Å². The number of anilines is 1. The molecule has 0 fully saturated rings. The summed E-state index contributed by atoms with van der Waals surface area (Å²) in [6.45, 7) is 4.85. The van der Waals surface area contributed by atoms with Gasteiger partial charge >= 0.3 is 0 Å². The van der Waals surface area contributed by atoms with E-state index >= 15 is 0 Å². The van der Waals surface area contributed by atoms with E-state index in [0.717, 1.165) is 41.8 Å². The van der Waals surface area contributed by atoms with Gasteiger partial charge in [0.15, 0.2) is 0 Å². The monoisotopic (exact) mass is 258 g/mol. The van der Waals surface area contributed by atoms with E-state index in [0.29, 0.717) is 5.39 Å². The van der Waals surface area contributed by atoms with Crippen molar-refractivity contribution in [3.63, 3.8) is 0 Å². The first kappa shape index (κ1) is 12.4. The zero-order valence-electron chi connectivity index (χ0n) is 11.5. The van der Waals surface area contributed by atoms with Gasteiger partial charge in [-0.2, -0.15) is 0 Å². The molecule has 2 aromatic rings. The van der Waals surface area contributed by atoms with Gasteiger partial charge < -0.3 is 5.32 Å². The minimum Gasteiger partial charge on any atom is -0.384 e. The van der Waals surface area contributed by atoms with E-state index < -0.39 is 0 Å². The minimum absolute atomic E-state index is 0.169. The second kappa shape index (κ2) is 4.80. The van der Waals surface area contributed by atoms with Crippen molar-refractivity contribution < 1.29 is 4.39 Å². The summed E-state index contributed by atoms with van der Waals surface area (Å²) in [7, 11) is 0. The number of fused-ring (bicyclic) bond motifs is 2. The van der Waals surface area contributed by atoms with E-state index in [1.54, 1.807) is 6.07 Å². The Balaban J connectivity index is 2.39. The molecule has 0 saturated carbocycles. The largest absolute Gasteiger partial charge is 0.384 e. The quantitative estimate of drug-likeness (QED) is 0.881. The van der Waals surface area contributed by atoms with Gasteiger partial charge in [-0.15, -0.1) is 0 Å². The Morgan fingerprint density at radius 2 is 2.05 bits per heavy atom. The van der Waals surface area contributed by atoms with Crippen LogP contribution in [0.25, 0.3) is 10.9 Å². The highest BCUT2D eigenvalue weighted by Gasteiger charge is 2.20. The van der Waals surface area contributed by atoms with E-state index in [1.807, 2.05) is 13.0 Å². The molecule has 0 bridgehead atoms. The minimum atomic E-state index is -0.169. The fourth-order valence-corrected chi connectivity index (χ4v) is 2.99. The van der Waals surface area contributed by atoms with Crippen LogP contribution in [0.15, 0.2) is 12.1 Å². The van der Waals surface area contributed by atoms with Crippen LogP contribution in [-0.4, -0.2) is 11.5 Å². The fraction of sp³-hybridized carbons (Fsp3) is 0.438. The maximum atomic E-state index is 14.2. The molecule has 0 saturated heterocycles. The van der Waals surface area contributed by atoms with E-state index in [-0.39, 0.29) is 5.82 Å². The molecule has 0 amide bonds. The first-order valence-electron chi connectivity index (χ1n) is 7.06. The molecule has 1 aromatic carbocycles. The smallest absolute Gasteiger partial charge is 0.134 e. The Labute approximate surface area is 113 Å². The number of aryl methyl sites for hydroxylation is 2. The second-order valence-corrected chi connectivity index (χ2v) is 5.24. The van der Waals surface area contributed by atoms with Crippen molar-refractivity contribution in [2.75, 3.05) is 11.9 Å². The summed E-state index contributed by atoms with van der Waals surface area (Å²) in [6, 6.07) is 3.37. The van der Waals surface area contributed by atoms with Crippen LogP contribution in [0.3, 0.4) is 0 Å². The van der Waals surface area contributed by atoms with Gasteiger partial charge in [0.25, 0.3) is 0 Å². The van der Waals surface area contributed by atoms with E-state index in [9.17, 15) is 4.39 Å². The van der Waals surface area contributed by atoms with Crippen LogP contribution in [0, 0.1) is 12.7 Å². The number of benzene rings is 1. The normalized spacial score (nSPS) is 14.5. The van der Waals surface area contributed by atoms with Crippen molar-refractivity contribution in [1.82, 2.24) is 4.98 Å². The van der Waals surface area contributed by atoms with Gasteiger partial charge in [0.2, 0.25) is 0 Å². The molecule has 0 spiro atoms. The zero-order chi connectivity index (χ0) is 13.4. The summed E-state index contributed by atoms with van der Waals surface area (Å²) in [5.74, 6) is -0.169. The highest BCUT2D eigenvalue weighted by molar-refractivity contribution is 5.95. The lowest BCUT2D eigenvalue weighted by molar-refractivity contribution is 0.637. The molecule has 1 heterocycles. The predicted molar refractivity (Wildman–Crippen MR) is 77.2 cm³/mol. The number of pyridine rings is 1. The standard InChI is InChI=1S/C16H19FN2/c1-3-18-16-11-6-4-5-7-13(11)19-15-10(2)8-9-12(17)14(15)16/h8-9H,3-7H2,1-2H3,(H,18,19). The van der Waals surface area contributed by atoms with Gasteiger partial charge in [-0.05, 0) is 56.7 Å². The molecule has 0 aliphatic heterocycles. The lowest BCUT2D eigenvalue weighted by atomic mass is 9.92. The second-order valence-electron chi connectivity index (χ2n) is 5.24. The van der Waals surface area contributed by atoms with Crippen LogP contribution in [0.2, 0.25) is 0 Å². The van der Waals surface area contributed by atoms with Gasteiger partial charge in [-0.25, -0.2) is 4.39 Å². The van der Waals surface area contributed by atoms with Gasteiger partial charge in [0.05, 0.1) is 16.6 Å². The Kier molecular flexibility index (Phi) is 3.13. The van der Waals surface area contributed by atoms with Crippen molar-refractivity contribution in [3.8, 4) is 0 Å². The third-order valence-electron chi connectivity index (χ3n) is 3.92. The van der Waals surface area contributed by atoms with Gasteiger partial charge in [-0.1, -0.05) is 6.07 Å². The molecule has 1 N–H and O–H groups in total. The summed E-state index contributed by atoms with van der Waals surface area (Å²) in [5, 5.41) is 4.04. The molecule has 100 valence electrons. The molecule has 2 nitrogen and oxygen atoms in total. The number of nitrogens with zero attached hydrogens (tertiary/aromatic N) is 1. The van der Waals surface area contributed by atoms with E-state index in [4.69, 9.17) is 4.98 Å². The van der Waals surface area contributed by atoms with Crippen LogP contribution < -0.4 is 5.32 Å². The lowest BCUT2D eigenvalue weighted by Gasteiger charge is -2.22. The number of aromatic nitrogens is 1. The molecule has 1 aliphatic rings. The van der Waals surface area contributed by atoms with Crippen molar-refractivity contribution in [2.24, 2.45) is 0 Å². The Morgan fingerprint density at radius 3 is 2.84 bits per heavy atom. The average Bonchev–Trinajstić information content (AvgIpc) is 2.43. The molecule has 0 atom stereocenters. The third-order valence-corrected chi connectivity index (χ3v) is 3.92. The number of nitrogens with one attached hydrogen (secondary N) is 1. The maximum Gasteiger partial charge on any atom is 0.134 e. The molecular formula is C16H19FN2. The Morgan fingerprint density at radius 1 is 1.26 bits per heavy atom. The summed E-state index contributed by atoms with van der Waals surface area (Å²) in [6.07, 6.45) is 4.38. The van der Waals surface area contributed by atoms with Crippen LogP contribution in [0.4, 0.5) is 10.1 Å². The molecule has 0 unspecified atom stereocenters. The molecule has 0 radical (unpaired) electrons. The topological polar surface area (TPSA) is 24.9 Å². The first-order chi connectivity index (χ1) is 9.22. The highest BCUT2D eigenvalue weighted by Crippen LogP contribution is 2.35. The Bertz CT molecular complexity index is 634. The third kappa shape index (κ3) is 1.97. The van der Waals surface area contributed by atoms with Crippen LogP contribution in [0.1, 0.15) is 36.6 Å². The SMILES string of the molecule is CCNc1c2c(nc3c(C)ccc(F)c13)CCCC2. The highest BCUT2D eigenvalue weighted by atomic mass is 19.1. The van der Waals surface area contributed by atoms with Gasteiger partial charge in [0.1, 0.15) is 5.82 Å². The van der Waals surface area contributed by atoms with E-state index in [1.165, 1.54) is 18.4 Å². The number of hydrogen-bond donors (Lipinski definition) is 1. The summed E-state index contributed by atoms with van der Waals surface area (Å²) in [5.41, 5.74) is 5.22. The van der Waals surface area contributed by atoms with Gasteiger partial charge in [-0.3, -0.25) is 4.98 Å². The summed E-state index contributed by atoms with van der Waals surface area (Å²) < 4.78 is 14.2. The molecule has 3 heteroatoms. The summed E-state index contributed by atoms with van der Waals surface area (Å²) in [4.78, 5) is 4.74. The van der Waals surface area contributed by atoms with E-state index in [2.05, 4.69) is 12.2 Å². The molecular weight excluding hydrogens is 239 g/mol. The Hall–Kier alpha value is -1.64. The number of hydrogen-bond acceptors (Lipinski definition) is 2. The van der Waals surface area contributed by atoms with Crippen LogP contribution >= 0.6 is 0 Å². The van der Waals surface area contributed by atoms with Gasteiger partial charge in [0, 0.05) is 12.2 Å². The maximum absolute atomic E-state index is 14.2. The predicted octanol–water partition coefficient (Wildman–Crippen LogP) is 3.99. The fourth-order valence-electron chi connectivity index (χ4n) is 2.99. The zero-order valence-corrected chi connectivity index (χ0v) is 11.5. The number of halogens is 1. The molecule has 19 heavy (non-hydrogen) atoms. The molecule has 1 aromatic heterocycles. The molecule has 1 aliphatic carbocycles. The molecule has 3 rings (SSSR count). The van der Waals surface area contributed by atoms with Crippen molar-refractivity contribution >= 4 is 16.6 Å². The number of rotatable bonds is 2. The van der Waals surface area contributed by atoms with Crippen LogP contribution in [-0.2, 0) is 12.8 Å². The first-order valence-corrected chi connectivity index (χ1v) is 7.06. The van der Waals surface area contributed by atoms with Crippen molar-refractivity contribution in [2.45, 2.75) is 39.5 Å². The summed E-state index contributed by atoms with van der Waals surface area (Å²) >= 11 is 0. The lowest BCUT2D eigenvalue weighted by Crippen LogP contribution is -2.12. The average molecular weight is 258 g/mol.